The van der Waals surface area contributed by atoms with Crippen molar-refractivity contribution in [1.29, 1.82) is 0 Å². The van der Waals surface area contributed by atoms with Gasteiger partial charge in [0, 0.05) is 35.0 Å². The summed E-state index contributed by atoms with van der Waals surface area (Å²) in [4.78, 5) is 30.7. The summed E-state index contributed by atoms with van der Waals surface area (Å²) in [6, 6.07) is 14.1. The quantitative estimate of drug-likeness (QED) is 0.397. The van der Waals surface area contributed by atoms with Crippen LogP contribution in [0.25, 0.3) is 27.7 Å². The number of aromatic nitrogens is 4. The summed E-state index contributed by atoms with van der Waals surface area (Å²) in [6.45, 7) is 2.96. The van der Waals surface area contributed by atoms with E-state index in [-0.39, 0.29) is 0 Å². The van der Waals surface area contributed by atoms with E-state index in [1.165, 1.54) is 12.4 Å². The molecule has 2 aromatic carbocycles. The molecule has 6 rings (SSSR count). The maximum atomic E-state index is 13.2. The van der Waals surface area contributed by atoms with Crippen LogP contribution in [0.4, 0.5) is 0 Å². The molecule has 9 nitrogen and oxygen atoms in total. The van der Waals surface area contributed by atoms with E-state index < -0.39 is 11.5 Å². The molecule has 5 aromatic rings. The Kier molecular flexibility index (Phi) is 5.34. The minimum Gasteiger partial charge on any atom is -0.490 e. The lowest BCUT2D eigenvalue weighted by Gasteiger charge is -2.12. The molecule has 0 atom stereocenters. The Hall–Kier alpha value is -4.37. The fourth-order valence-electron chi connectivity index (χ4n) is 4.30. The second kappa shape index (κ2) is 8.69. The zero-order valence-electron chi connectivity index (χ0n) is 19.2. The lowest BCUT2D eigenvalue weighted by molar-refractivity contribution is 0.101. The summed E-state index contributed by atoms with van der Waals surface area (Å²) in [5.74, 6) is 0.638. The van der Waals surface area contributed by atoms with Crippen molar-refractivity contribution in [3.05, 3.63) is 87.6 Å². The van der Waals surface area contributed by atoms with Crippen LogP contribution in [0.1, 0.15) is 22.5 Å². The van der Waals surface area contributed by atoms with Gasteiger partial charge in [-0.15, -0.1) is 0 Å². The second-order valence-electron chi connectivity index (χ2n) is 8.40. The number of carbonyl (C=O) groups excluding carboxylic acids is 1. The van der Waals surface area contributed by atoms with Gasteiger partial charge in [0.2, 0.25) is 0 Å². The number of aryl methyl sites for hydroxylation is 1. The highest BCUT2D eigenvalue weighted by Gasteiger charge is 2.18. The van der Waals surface area contributed by atoms with E-state index in [1.807, 2.05) is 31.2 Å². The molecule has 0 radical (unpaired) electrons. The van der Waals surface area contributed by atoms with Gasteiger partial charge in [-0.1, -0.05) is 23.7 Å². The molecule has 0 fully saturated rings. The summed E-state index contributed by atoms with van der Waals surface area (Å²) < 4.78 is 14.1. The van der Waals surface area contributed by atoms with Crippen molar-refractivity contribution in [2.75, 3.05) is 18.6 Å². The van der Waals surface area contributed by atoms with Crippen molar-refractivity contribution in [1.82, 2.24) is 19.3 Å². The maximum Gasteiger partial charge on any atom is 0.280 e. The third-order valence-corrected chi connectivity index (χ3v) is 6.30. The Morgan fingerprint density at radius 2 is 1.83 bits per heavy atom. The average molecular weight is 502 g/mol. The van der Waals surface area contributed by atoms with Crippen molar-refractivity contribution in [2.24, 2.45) is 0 Å². The van der Waals surface area contributed by atoms with Gasteiger partial charge in [0.1, 0.15) is 0 Å². The SMILES string of the molecule is Cc1nn2c(ncc3c(=O)n(NC(=O)c4ccc5c(c4)OCCCO5)ccc32)c1-c1ccc(Cl)cc1. The maximum absolute atomic E-state index is 13.2. The van der Waals surface area contributed by atoms with Crippen LogP contribution >= 0.6 is 11.6 Å². The molecular formula is C26H20ClN5O4. The Balaban J connectivity index is 1.36. The number of hydrogen-bond donors (Lipinski definition) is 1. The normalized spacial score (nSPS) is 13.1. The largest absolute Gasteiger partial charge is 0.490 e. The van der Waals surface area contributed by atoms with Gasteiger partial charge < -0.3 is 9.47 Å². The number of halogens is 1. The lowest BCUT2D eigenvalue weighted by Crippen LogP contribution is -2.33. The van der Waals surface area contributed by atoms with Gasteiger partial charge in [-0.25, -0.2) is 14.2 Å². The van der Waals surface area contributed by atoms with E-state index in [4.69, 9.17) is 21.1 Å². The molecule has 0 unspecified atom stereocenters. The predicted octanol–water partition coefficient (Wildman–Crippen LogP) is 4.22. The number of carbonyl (C=O) groups is 1. The number of ether oxygens (including phenoxy) is 2. The number of nitrogens with one attached hydrogen (secondary N) is 1. The summed E-state index contributed by atoms with van der Waals surface area (Å²) in [5, 5.41) is 5.58. The molecular weight excluding hydrogens is 482 g/mol. The number of benzene rings is 2. The van der Waals surface area contributed by atoms with Crippen LogP contribution in [-0.2, 0) is 0 Å². The molecule has 1 amide bonds. The number of fused-ring (bicyclic) bond motifs is 4. The van der Waals surface area contributed by atoms with Gasteiger partial charge in [0.25, 0.3) is 11.5 Å². The fourth-order valence-corrected chi connectivity index (χ4v) is 4.42. The summed E-state index contributed by atoms with van der Waals surface area (Å²) in [6.07, 6.45) is 3.77. The fraction of sp³-hybridized carbons (Fsp3) is 0.154. The van der Waals surface area contributed by atoms with Gasteiger partial charge in [-0.2, -0.15) is 5.10 Å². The van der Waals surface area contributed by atoms with Crippen molar-refractivity contribution in [3.63, 3.8) is 0 Å². The molecule has 0 spiro atoms. The van der Waals surface area contributed by atoms with Crippen LogP contribution in [-0.4, -0.2) is 38.4 Å². The number of rotatable bonds is 3. The van der Waals surface area contributed by atoms with E-state index >= 15 is 0 Å². The first kappa shape index (κ1) is 22.1. The molecule has 4 heterocycles. The first-order valence-electron chi connectivity index (χ1n) is 11.4. The highest BCUT2D eigenvalue weighted by atomic mass is 35.5. The summed E-state index contributed by atoms with van der Waals surface area (Å²) in [5.41, 5.74) is 6.31. The summed E-state index contributed by atoms with van der Waals surface area (Å²) in [7, 11) is 0. The Morgan fingerprint density at radius 1 is 1.06 bits per heavy atom. The molecule has 1 aliphatic rings. The topological polar surface area (TPSA) is 99.8 Å². The zero-order valence-corrected chi connectivity index (χ0v) is 20.0. The molecule has 0 bridgehead atoms. The zero-order chi connectivity index (χ0) is 24.8. The molecule has 1 aliphatic heterocycles. The smallest absolute Gasteiger partial charge is 0.280 e. The predicted molar refractivity (Wildman–Crippen MR) is 136 cm³/mol. The number of hydrogen-bond acceptors (Lipinski definition) is 6. The Bertz CT molecular complexity index is 1710. The van der Waals surface area contributed by atoms with E-state index in [0.717, 1.165) is 27.9 Å². The van der Waals surface area contributed by atoms with E-state index in [0.29, 0.717) is 51.8 Å². The third-order valence-electron chi connectivity index (χ3n) is 6.05. The number of nitrogens with zero attached hydrogens (tertiary/aromatic N) is 4. The van der Waals surface area contributed by atoms with Crippen LogP contribution in [0.2, 0.25) is 5.02 Å². The van der Waals surface area contributed by atoms with E-state index in [9.17, 15) is 9.59 Å². The van der Waals surface area contributed by atoms with E-state index in [1.54, 1.807) is 28.8 Å². The Labute approximate surface area is 209 Å². The first-order valence-corrected chi connectivity index (χ1v) is 11.7. The van der Waals surface area contributed by atoms with Gasteiger partial charge in [-0.3, -0.25) is 15.0 Å². The monoisotopic (exact) mass is 501 g/mol. The molecule has 0 saturated heterocycles. The van der Waals surface area contributed by atoms with Gasteiger partial charge in [0.05, 0.1) is 29.8 Å². The van der Waals surface area contributed by atoms with Crippen molar-refractivity contribution in [2.45, 2.75) is 13.3 Å². The molecule has 1 N–H and O–H groups in total. The number of pyridine rings is 1. The molecule has 3 aromatic heterocycles. The van der Waals surface area contributed by atoms with Crippen molar-refractivity contribution in [3.8, 4) is 22.6 Å². The Morgan fingerprint density at radius 3 is 2.64 bits per heavy atom. The third kappa shape index (κ3) is 3.74. The molecule has 180 valence electrons. The minimum absolute atomic E-state index is 0.314. The highest BCUT2D eigenvalue weighted by Crippen LogP contribution is 2.31. The average Bonchev–Trinajstić information content (AvgIpc) is 3.05. The summed E-state index contributed by atoms with van der Waals surface area (Å²) >= 11 is 6.04. The van der Waals surface area contributed by atoms with Crippen LogP contribution < -0.4 is 20.5 Å². The second-order valence-corrected chi connectivity index (χ2v) is 8.84. The van der Waals surface area contributed by atoms with Crippen LogP contribution in [0.3, 0.4) is 0 Å². The van der Waals surface area contributed by atoms with Gasteiger partial charge >= 0.3 is 0 Å². The van der Waals surface area contributed by atoms with Crippen LogP contribution in [0, 0.1) is 6.92 Å². The molecule has 36 heavy (non-hydrogen) atoms. The van der Waals surface area contributed by atoms with Crippen LogP contribution in [0.5, 0.6) is 11.5 Å². The van der Waals surface area contributed by atoms with Gasteiger partial charge in [-0.05, 0) is 48.9 Å². The molecule has 0 aliphatic carbocycles. The molecule has 10 heteroatoms. The molecule has 0 saturated carbocycles. The lowest BCUT2D eigenvalue weighted by atomic mass is 10.1. The highest BCUT2D eigenvalue weighted by molar-refractivity contribution is 6.30. The van der Waals surface area contributed by atoms with Crippen molar-refractivity contribution >= 4 is 34.1 Å². The number of amides is 1. The minimum atomic E-state index is -0.457. The van der Waals surface area contributed by atoms with E-state index in [2.05, 4.69) is 15.5 Å². The van der Waals surface area contributed by atoms with Gasteiger partial charge in [0.15, 0.2) is 17.1 Å². The standard InChI is InChI=1S/C26H20ClN5O4/c1-15-23(16-3-6-18(27)7-4-16)24-28-14-19-20(32(24)29-15)9-10-31(26(19)34)30-25(33)17-5-8-21-22(13-17)36-12-2-11-35-21/h3-10,13-14H,2,11-12H2,1H3,(H,30,33). The first-order chi connectivity index (χ1) is 17.5. The van der Waals surface area contributed by atoms with Crippen molar-refractivity contribution < 1.29 is 14.3 Å². The van der Waals surface area contributed by atoms with Crippen LogP contribution in [0.15, 0.2) is 65.7 Å².